The van der Waals surface area contributed by atoms with Gasteiger partial charge in [-0.05, 0) is 18.9 Å². The molecule has 0 fully saturated rings. The molecular formula is C7H10F2. The fourth-order valence-corrected chi connectivity index (χ4v) is 0.967. The van der Waals surface area contributed by atoms with E-state index in [-0.39, 0.29) is 11.7 Å². The molecule has 1 aliphatic rings. The van der Waals surface area contributed by atoms with E-state index in [2.05, 4.69) is 0 Å². The number of rotatable bonds is 0. The maximum absolute atomic E-state index is 12.4. The Balaban J connectivity index is 2.61. The Bertz CT molecular complexity index is 129. The second kappa shape index (κ2) is 2.46. The van der Waals surface area contributed by atoms with Crippen LogP contribution in [0.3, 0.4) is 0 Å². The summed E-state index contributed by atoms with van der Waals surface area (Å²) < 4.78 is 24.7. The highest BCUT2D eigenvalue weighted by molar-refractivity contribution is 5.04. The van der Waals surface area contributed by atoms with E-state index >= 15 is 0 Å². The molecule has 0 spiro atoms. The third kappa shape index (κ3) is 1.50. The van der Waals surface area contributed by atoms with Gasteiger partial charge in [-0.2, -0.15) is 0 Å². The normalized spacial score (nSPS) is 36.1. The van der Waals surface area contributed by atoms with Gasteiger partial charge in [-0.25, -0.2) is 8.78 Å². The lowest BCUT2D eigenvalue weighted by atomic mass is 9.96. The zero-order valence-electron chi connectivity index (χ0n) is 5.40. The molecular weight excluding hydrogens is 122 g/mol. The highest BCUT2D eigenvalue weighted by atomic mass is 19.1. The fourth-order valence-electron chi connectivity index (χ4n) is 0.967. The summed E-state index contributed by atoms with van der Waals surface area (Å²) in [6, 6.07) is 0. The largest absolute Gasteiger partial charge is 0.243 e. The van der Waals surface area contributed by atoms with Crippen LogP contribution < -0.4 is 0 Å². The molecule has 0 aliphatic heterocycles. The van der Waals surface area contributed by atoms with Crippen molar-refractivity contribution in [2.45, 2.75) is 25.9 Å². The van der Waals surface area contributed by atoms with Crippen LogP contribution in [-0.4, -0.2) is 6.17 Å². The second-order valence-electron chi connectivity index (χ2n) is 2.55. The summed E-state index contributed by atoms with van der Waals surface area (Å²) in [5.41, 5.74) is 0. The average molecular weight is 132 g/mol. The smallest absolute Gasteiger partial charge is 0.121 e. The third-order valence-electron chi connectivity index (χ3n) is 1.69. The van der Waals surface area contributed by atoms with Gasteiger partial charge in [0.25, 0.3) is 0 Å². The molecule has 0 bridgehead atoms. The Labute approximate surface area is 53.6 Å². The van der Waals surface area contributed by atoms with E-state index < -0.39 is 6.17 Å². The van der Waals surface area contributed by atoms with Crippen LogP contribution in [-0.2, 0) is 0 Å². The molecule has 0 aromatic heterocycles. The summed E-state index contributed by atoms with van der Waals surface area (Å²) in [5.74, 6) is -0.342. The van der Waals surface area contributed by atoms with Crippen molar-refractivity contribution in [1.29, 1.82) is 0 Å². The van der Waals surface area contributed by atoms with Crippen molar-refractivity contribution in [3.63, 3.8) is 0 Å². The highest BCUT2D eigenvalue weighted by Crippen LogP contribution is 2.26. The van der Waals surface area contributed by atoms with Crippen molar-refractivity contribution in [3.8, 4) is 0 Å². The van der Waals surface area contributed by atoms with Gasteiger partial charge in [0.05, 0.1) is 0 Å². The third-order valence-corrected chi connectivity index (χ3v) is 1.69. The minimum Gasteiger partial charge on any atom is -0.243 e. The second-order valence-corrected chi connectivity index (χ2v) is 2.55. The lowest BCUT2D eigenvalue weighted by Gasteiger charge is -2.15. The van der Waals surface area contributed by atoms with Crippen molar-refractivity contribution in [3.05, 3.63) is 11.9 Å². The summed E-state index contributed by atoms with van der Waals surface area (Å²) in [4.78, 5) is 0. The van der Waals surface area contributed by atoms with Gasteiger partial charge >= 0.3 is 0 Å². The number of hydrogen-bond acceptors (Lipinski definition) is 0. The number of halogens is 2. The molecule has 0 N–H and O–H groups in total. The predicted molar refractivity (Wildman–Crippen MR) is 32.5 cm³/mol. The monoisotopic (exact) mass is 132 g/mol. The topological polar surface area (TPSA) is 0 Å². The Kier molecular flexibility index (Phi) is 1.84. The molecule has 2 unspecified atom stereocenters. The van der Waals surface area contributed by atoms with E-state index in [0.29, 0.717) is 12.8 Å². The number of alkyl halides is 1. The Morgan fingerprint density at radius 1 is 1.56 bits per heavy atom. The summed E-state index contributed by atoms with van der Waals surface area (Å²) >= 11 is 0. The van der Waals surface area contributed by atoms with E-state index in [0.717, 1.165) is 6.08 Å². The van der Waals surface area contributed by atoms with Gasteiger partial charge in [0.15, 0.2) is 0 Å². The van der Waals surface area contributed by atoms with E-state index in [9.17, 15) is 8.78 Å². The molecule has 2 atom stereocenters. The first-order chi connectivity index (χ1) is 4.20. The molecule has 0 saturated heterocycles. The first kappa shape index (κ1) is 6.72. The van der Waals surface area contributed by atoms with Crippen LogP contribution in [0.25, 0.3) is 0 Å². The average Bonchev–Trinajstić information content (AvgIpc) is 1.80. The van der Waals surface area contributed by atoms with Crippen LogP contribution in [0.2, 0.25) is 0 Å². The lowest BCUT2D eigenvalue weighted by molar-refractivity contribution is 0.306. The molecule has 0 heterocycles. The van der Waals surface area contributed by atoms with Crippen LogP contribution in [0.4, 0.5) is 8.78 Å². The first-order valence-corrected chi connectivity index (χ1v) is 3.21. The van der Waals surface area contributed by atoms with Crippen LogP contribution in [0, 0.1) is 5.92 Å². The van der Waals surface area contributed by atoms with E-state index in [1.165, 1.54) is 0 Å². The minimum atomic E-state index is -1.04. The SMILES string of the molecule is CC1CCC(F)C=C1F. The Morgan fingerprint density at radius 2 is 2.22 bits per heavy atom. The Morgan fingerprint density at radius 3 is 2.67 bits per heavy atom. The molecule has 2 heteroatoms. The van der Waals surface area contributed by atoms with Crippen molar-refractivity contribution in [2.24, 2.45) is 5.92 Å². The van der Waals surface area contributed by atoms with Crippen molar-refractivity contribution in [2.75, 3.05) is 0 Å². The van der Waals surface area contributed by atoms with Gasteiger partial charge in [0.2, 0.25) is 0 Å². The minimum absolute atomic E-state index is 0.0583. The summed E-state index contributed by atoms with van der Waals surface area (Å²) in [5, 5.41) is 0. The quantitative estimate of drug-likeness (QED) is 0.475. The Hall–Kier alpha value is -0.400. The van der Waals surface area contributed by atoms with E-state index in [1.54, 1.807) is 6.92 Å². The van der Waals surface area contributed by atoms with Crippen LogP contribution in [0.1, 0.15) is 19.8 Å². The van der Waals surface area contributed by atoms with Gasteiger partial charge < -0.3 is 0 Å². The predicted octanol–water partition coefficient (Wildman–Crippen LogP) is 2.61. The van der Waals surface area contributed by atoms with Crippen LogP contribution in [0.5, 0.6) is 0 Å². The molecule has 0 amide bonds. The molecule has 1 rings (SSSR count). The van der Waals surface area contributed by atoms with Crippen molar-refractivity contribution in [1.82, 2.24) is 0 Å². The van der Waals surface area contributed by atoms with Crippen molar-refractivity contribution >= 4 is 0 Å². The molecule has 1 aliphatic carbocycles. The standard InChI is InChI=1S/C7H10F2/c1-5-2-3-6(8)4-7(5)9/h4-6H,2-3H2,1H3. The van der Waals surface area contributed by atoms with Gasteiger partial charge in [0.1, 0.15) is 12.0 Å². The van der Waals surface area contributed by atoms with Crippen molar-refractivity contribution < 1.29 is 8.78 Å². The van der Waals surface area contributed by atoms with Crippen LogP contribution in [0.15, 0.2) is 11.9 Å². The van der Waals surface area contributed by atoms with E-state index in [4.69, 9.17) is 0 Å². The van der Waals surface area contributed by atoms with Crippen LogP contribution >= 0.6 is 0 Å². The maximum Gasteiger partial charge on any atom is 0.121 e. The van der Waals surface area contributed by atoms with Gasteiger partial charge in [0, 0.05) is 5.92 Å². The molecule has 0 nitrogen and oxygen atoms in total. The summed E-state index contributed by atoms with van der Waals surface area (Å²) in [7, 11) is 0. The molecule has 0 radical (unpaired) electrons. The van der Waals surface area contributed by atoms with Gasteiger partial charge in [-0.1, -0.05) is 6.92 Å². The van der Waals surface area contributed by atoms with E-state index in [1.807, 2.05) is 0 Å². The lowest BCUT2D eigenvalue weighted by Crippen LogP contribution is -2.09. The van der Waals surface area contributed by atoms with Gasteiger partial charge in [-0.3, -0.25) is 0 Å². The highest BCUT2D eigenvalue weighted by Gasteiger charge is 2.18. The zero-order chi connectivity index (χ0) is 6.85. The molecule has 0 saturated carbocycles. The number of allylic oxidation sites excluding steroid dienone is 2. The maximum atomic E-state index is 12.4. The first-order valence-electron chi connectivity index (χ1n) is 3.21. The molecule has 9 heavy (non-hydrogen) atoms. The molecule has 0 aromatic carbocycles. The zero-order valence-corrected chi connectivity index (χ0v) is 5.40. The van der Waals surface area contributed by atoms with Gasteiger partial charge in [-0.15, -0.1) is 0 Å². The summed E-state index contributed by atoms with van der Waals surface area (Å²) in [6.45, 7) is 1.78. The molecule has 52 valence electrons. The fraction of sp³-hybridized carbons (Fsp3) is 0.714. The number of hydrogen-bond donors (Lipinski definition) is 0. The molecule has 0 aromatic rings. The summed E-state index contributed by atoms with van der Waals surface area (Å²) in [6.07, 6.45) is 1.16.